The minimum atomic E-state index is -1.10. The lowest BCUT2D eigenvalue weighted by molar-refractivity contribution is 0.0330. The van der Waals surface area contributed by atoms with Crippen molar-refractivity contribution in [3.8, 4) is 0 Å². The summed E-state index contributed by atoms with van der Waals surface area (Å²) in [5.74, 6) is 1.61. The van der Waals surface area contributed by atoms with Crippen LogP contribution in [0.5, 0.6) is 0 Å². The van der Waals surface area contributed by atoms with Crippen molar-refractivity contribution < 1.29 is 4.39 Å². The second kappa shape index (κ2) is 4.61. The Morgan fingerprint density at radius 2 is 1.93 bits per heavy atom. The SMILES string of the molecule is CCC(F)(CN)C1CCC(C)C(C)C1. The van der Waals surface area contributed by atoms with E-state index in [9.17, 15) is 4.39 Å². The third kappa shape index (κ3) is 2.28. The molecule has 0 aromatic rings. The van der Waals surface area contributed by atoms with Crippen LogP contribution in [0, 0.1) is 17.8 Å². The second-order valence-electron chi connectivity index (χ2n) is 5.06. The van der Waals surface area contributed by atoms with Gasteiger partial charge in [0, 0.05) is 6.54 Å². The molecule has 0 aromatic heterocycles. The first-order valence-electron chi connectivity index (χ1n) is 5.92. The summed E-state index contributed by atoms with van der Waals surface area (Å²) in [7, 11) is 0. The Morgan fingerprint density at radius 3 is 2.36 bits per heavy atom. The van der Waals surface area contributed by atoms with Crippen LogP contribution in [-0.2, 0) is 0 Å². The maximum atomic E-state index is 14.3. The molecule has 4 unspecified atom stereocenters. The van der Waals surface area contributed by atoms with E-state index in [1.165, 1.54) is 0 Å². The Bertz CT molecular complexity index is 177. The summed E-state index contributed by atoms with van der Waals surface area (Å²) >= 11 is 0. The van der Waals surface area contributed by atoms with Gasteiger partial charge in [0.05, 0.1) is 0 Å². The molecule has 1 fully saturated rings. The number of hydrogen-bond acceptors (Lipinski definition) is 1. The molecular formula is C12H24FN. The standard InChI is InChI=1S/C12H24FN/c1-4-12(13,8-14)11-6-5-9(2)10(3)7-11/h9-11H,4-8,14H2,1-3H3. The van der Waals surface area contributed by atoms with E-state index >= 15 is 0 Å². The molecule has 0 heterocycles. The van der Waals surface area contributed by atoms with Gasteiger partial charge in [-0.05, 0) is 37.0 Å². The summed E-state index contributed by atoms with van der Waals surface area (Å²) in [6.45, 7) is 6.61. The zero-order valence-corrected chi connectivity index (χ0v) is 9.72. The number of hydrogen-bond donors (Lipinski definition) is 1. The van der Waals surface area contributed by atoms with Crippen molar-refractivity contribution in [2.75, 3.05) is 6.54 Å². The van der Waals surface area contributed by atoms with Gasteiger partial charge in [-0.2, -0.15) is 0 Å². The number of rotatable bonds is 3. The molecule has 14 heavy (non-hydrogen) atoms. The van der Waals surface area contributed by atoms with Crippen molar-refractivity contribution in [3.63, 3.8) is 0 Å². The summed E-state index contributed by atoms with van der Waals surface area (Å²) < 4.78 is 14.3. The fourth-order valence-electron chi connectivity index (χ4n) is 2.62. The molecule has 1 saturated carbocycles. The van der Waals surface area contributed by atoms with Gasteiger partial charge < -0.3 is 5.73 Å². The van der Waals surface area contributed by atoms with Crippen molar-refractivity contribution in [2.24, 2.45) is 23.5 Å². The molecule has 4 atom stereocenters. The molecule has 0 amide bonds. The zero-order valence-electron chi connectivity index (χ0n) is 9.72. The van der Waals surface area contributed by atoms with Crippen LogP contribution in [0.15, 0.2) is 0 Å². The lowest BCUT2D eigenvalue weighted by Crippen LogP contribution is -2.43. The largest absolute Gasteiger partial charge is 0.328 e. The van der Waals surface area contributed by atoms with Gasteiger partial charge in [-0.25, -0.2) is 4.39 Å². The van der Waals surface area contributed by atoms with Crippen molar-refractivity contribution in [1.29, 1.82) is 0 Å². The van der Waals surface area contributed by atoms with Gasteiger partial charge >= 0.3 is 0 Å². The van der Waals surface area contributed by atoms with E-state index in [-0.39, 0.29) is 12.5 Å². The van der Waals surface area contributed by atoms with Crippen LogP contribution in [0.1, 0.15) is 46.5 Å². The quantitative estimate of drug-likeness (QED) is 0.746. The highest BCUT2D eigenvalue weighted by atomic mass is 19.1. The summed E-state index contributed by atoms with van der Waals surface area (Å²) in [6.07, 6.45) is 3.77. The molecule has 0 bridgehead atoms. The van der Waals surface area contributed by atoms with Crippen LogP contribution in [0.3, 0.4) is 0 Å². The van der Waals surface area contributed by atoms with Crippen molar-refractivity contribution in [3.05, 3.63) is 0 Å². The monoisotopic (exact) mass is 201 g/mol. The lowest BCUT2D eigenvalue weighted by atomic mass is 9.69. The van der Waals surface area contributed by atoms with E-state index in [0.717, 1.165) is 25.2 Å². The first kappa shape index (κ1) is 12.0. The summed E-state index contributed by atoms with van der Waals surface area (Å²) in [5.41, 5.74) is 4.45. The molecular weight excluding hydrogens is 177 g/mol. The summed E-state index contributed by atoms with van der Waals surface area (Å²) in [6, 6.07) is 0. The number of nitrogens with two attached hydrogens (primary N) is 1. The van der Waals surface area contributed by atoms with Gasteiger partial charge in [-0.3, -0.25) is 0 Å². The highest BCUT2D eigenvalue weighted by Crippen LogP contribution is 2.41. The summed E-state index contributed by atoms with van der Waals surface area (Å²) in [4.78, 5) is 0. The Balaban J connectivity index is 2.61. The van der Waals surface area contributed by atoms with Crippen molar-refractivity contribution >= 4 is 0 Å². The first-order valence-corrected chi connectivity index (χ1v) is 5.92. The molecule has 0 radical (unpaired) electrons. The molecule has 0 aromatic carbocycles. The average molecular weight is 201 g/mol. The van der Waals surface area contributed by atoms with E-state index in [2.05, 4.69) is 13.8 Å². The van der Waals surface area contributed by atoms with Crippen LogP contribution in [-0.4, -0.2) is 12.2 Å². The molecule has 1 aliphatic carbocycles. The Morgan fingerprint density at radius 1 is 1.29 bits per heavy atom. The molecule has 1 aliphatic rings. The molecule has 84 valence electrons. The fourth-order valence-corrected chi connectivity index (χ4v) is 2.62. The Kier molecular flexibility index (Phi) is 3.94. The third-order valence-electron chi connectivity index (χ3n) is 4.26. The second-order valence-corrected chi connectivity index (χ2v) is 5.06. The minimum Gasteiger partial charge on any atom is -0.328 e. The Hall–Kier alpha value is -0.110. The van der Waals surface area contributed by atoms with E-state index in [1.807, 2.05) is 6.92 Å². The highest BCUT2D eigenvalue weighted by molar-refractivity contribution is 4.91. The van der Waals surface area contributed by atoms with E-state index in [4.69, 9.17) is 5.73 Å². The van der Waals surface area contributed by atoms with Gasteiger partial charge in [-0.1, -0.05) is 27.2 Å². The molecule has 2 N–H and O–H groups in total. The van der Waals surface area contributed by atoms with Crippen LogP contribution in [0.25, 0.3) is 0 Å². The van der Waals surface area contributed by atoms with Gasteiger partial charge in [0.15, 0.2) is 0 Å². The van der Waals surface area contributed by atoms with Gasteiger partial charge in [-0.15, -0.1) is 0 Å². The van der Waals surface area contributed by atoms with Crippen LogP contribution >= 0.6 is 0 Å². The molecule has 1 nitrogen and oxygen atoms in total. The van der Waals surface area contributed by atoms with Crippen LogP contribution in [0.2, 0.25) is 0 Å². The van der Waals surface area contributed by atoms with Crippen molar-refractivity contribution in [2.45, 2.75) is 52.1 Å². The zero-order chi connectivity index (χ0) is 10.8. The van der Waals surface area contributed by atoms with Crippen molar-refractivity contribution in [1.82, 2.24) is 0 Å². The number of alkyl halides is 1. The third-order valence-corrected chi connectivity index (χ3v) is 4.26. The highest BCUT2D eigenvalue weighted by Gasteiger charge is 2.39. The lowest BCUT2D eigenvalue weighted by Gasteiger charge is -2.39. The molecule has 0 aliphatic heterocycles. The molecule has 0 saturated heterocycles. The van der Waals surface area contributed by atoms with E-state index in [0.29, 0.717) is 12.3 Å². The normalized spacial score (nSPS) is 37.9. The Labute approximate surface area is 87.3 Å². The predicted molar refractivity (Wildman–Crippen MR) is 58.9 cm³/mol. The minimum absolute atomic E-state index is 0.190. The summed E-state index contributed by atoms with van der Waals surface area (Å²) in [5, 5.41) is 0. The first-order chi connectivity index (χ1) is 6.53. The fraction of sp³-hybridized carbons (Fsp3) is 1.00. The number of halogens is 1. The average Bonchev–Trinajstić information content (AvgIpc) is 2.21. The van der Waals surface area contributed by atoms with Crippen LogP contribution < -0.4 is 5.73 Å². The molecule has 0 spiro atoms. The van der Waals surface area contributed by atoms with E-state index < -0.39 is 5.67 Å². The van der Waals surface area contributed by atoms with Crippen LogP contribution in [0.4, 0.5) is 4.39 Å². The maximum absolute atomic E-state index is 14.3. The predicted octanol–water partition coefficient (Wildman–Crippen LogP) is 3.14. The maximum Gasteiger partial charge on any atom is 0.125 e. The molecule has 2 heteroatoms. The molecule has 1 rings (SSSR count). The van der Waals surface area contributed by atoms with E-state index in [1.54, 1.807) is 0 Å². The smallest absolute Gasteiger partial charge is 0.125 e. The van der Waals surface area contributed by atoms with Gasteiger partial charge in [0.1, 0.15) is 5.67 Å². The topological polar surface area (TPSA) is 26.0 Å². The van der Waals surface area contributed by atoms with Gasteiger partial charge in [0.25, 0.3) is 0 Å². The van der Waals surface area contributed by atoms with Gasteiger partial charge in [0.2, 0.25) is 0 Å².